The molecule has 0 saturated carbocycles. The summed E-state index contributed by atoms with van der Waals surface area (Å²) in [7, 11) is 0. The fourth-order valence-electron chi connectivity index (χ4n) is 2.51. The molecule has 0 saturated heterocycles. The molecule has 1 amide bonds. The minimum absolute atomic E-state index is 0.0684. The topological polar surface area (TPSA) is 249 Å². The molecule has 0 aromatic rings. The average molecular weight is 431 g/mol. The van der Waals surface area contributed by atoms with Gasteiger partial charge in [0.1, 0.15) is 6.04 Å². The van der Waals surface area contributed by atoms with Crippen LogP contribution >= 0.6 is 0 Å². The molecule has 0 aromatic heterocycles. The molecule has 172 valence electrons. The number of nitrogens with two attached hydrogens (primary N) is 4. The van der Waals surface area contributed by atoms with Crippen LogP contribution in [0.2, 0.25) is 0 Å². The quantitative estimate of drug-likeness (QED) is 0.0733. The maximum atomic E-state index is 12.4. The van der Waals surface area contributed by atoms with Crippen molar-refractivity contribution < 1.29 is 29.4 Å². The van der Waals surface area contributed by atoms with E-state index in [9.17, 15) is 24.3 Å². The highest BCUT2D eigenvalue weighted by Crippen LogP contribution is 2.04. The lowest BCUT2D eigenvalue weighted by Gasteiger charge is -2.24. The van der Waals surface area contributed by atoms with Gasteiger partial charge in [0.05, 0.1) is 24.5 Å². The molecule has 0 radical (unpaired) electrons. The number of carbonyl (C=O) groups is 4. The van der Waals surface area contributed by atoms with Gasteiger partial charge in [-0.05, 0) is 18.8 Å². The van der Waals surface area contributed by atoms with E-state index in [0.717, 1.165) is 0 Å². The number of hydrogen-bond acceptors (Lipinski definition) is 8. The molecule has 4 atom stereocenters. The Morgan fingerprint density at radius 1 is 1.03 bits per heavy atom. The number of carboxylic acid groups (broad SMARTS) is 2. The van der Waals surface area contributed by atoms with Gasteiger partial charge in [-0.25, -0.2) is 4.79 Å². The van der Waals surface area contributed by atoms with Crippen molar-refractivity contribution in [3.8, 4) is 0 Å². The van der Waals surface area contributed by atoms with Crippen molar-refractivity contribution in [2.75, 3.05) is 13.1 Å². The standard InChI is InChI=1S/C17H33N7O6/c1-8(2)13(16(29)30)24-15(28)11(6-12(25)26)23-7-10(19)14(27)9(18)4-3-5-22-17(20)21/h8-11,13,23H,3-7,18-19H2,1-2H3,(H,24,28)(H,25,26)(H,29,30)(H4,20,21,22)/t9-,10?,11-,13-/m0/s1. The number of carbonyl (C=O) groups excluding carboxylic acids is 2. The van der Waals surface area contributed by atoms with Crippen LogP contribution in [0.25, 0.3) is 0 Å². The summed E-state index contributed by atoms with van der Waals surface area (Å²) in [6, 6.07) is -4.43. The van der Waals surface area contributed by atoms with Gasteiger partial charge in [0, 0.05) is 13.1 Å². The van der Waals surface area contributed by atoms with Gasteiger partial charge < -0.3 is 43.8 Å². The minimum Gasteiger partial charge on any atom is -0.481 e. The number of guanidine groups is 1. The van der Waals surface area contributed by atoms with Crippen LogP contribution in [0.1, 0.15) is 33.1 Å². The second-order valence-electron chi connectivity index (χ2n) is 7.19. The van der Waals surface area contributed by atoms with E-state index in [1.165, 1.54) is 0 Å². The molecule has 0 heterocycles. The molecule has 1 unspecified atom stereocenters. The molecule has 0 aliphatic heterocycles. The van der Waals surface area contributed by atoms with E-state index in [-0.39, 0.29) is 18.9 Å². The third kappa shape index (κ3) is 10.7. The van der Waals surface area contributed by atoms with Crippen molar-refractivity contribution in [2.45, 2.75) is 57.3 Å². The molecule has 0 aromatic carbocycles. The lowest BCUT2D eigenvalue weighted by atomic mass is 10.0. The maximum absolute atomic E-state index is 12.4. The first-order valence-electron chi connectivity index (χ1n) is 9.45. The van der Waals surface area contributed by atoms with Gasteiger partial charge in [0.2, 0.25) is 5.91 Å². The molecule has 12 N–H and O–H groups in total. The fraction of sp³-hybridized carbons (Fsp3) is 0.706. The summed E-state index contributed by atoms with van der Waals surface area (Å²) in [5, 5.41) is 23.1. The van der Waals surface area contributed by atoms with Crippen LogP contribution in [0.5, 0.6) is 0 Å². The number of amides is 1. The molecule has 0 fully saturated rings. The number of ketones is 1. The molecule has 0 spiro atoms. The Kier molecular flexibility index (Phi) is 12.2. The van der Waals surface area contributed by atoms with Crippen molar-refractivity contribution in [2.24, 2.45) is 33.8 Å². The first-order valence-corrected chi connectivity index (χ1v) is 9.45. The van der Waals surface area contributed by atoms with E-state index in [4.69, 9.17) is 28.0 Å². The van der Waals surface area contributed by atoms with Gasteiger partial charge in [0.15, 0.2) is 11.7 Å². The van der Waals surface area contributed by atoms with Crippen LogP contribution in [0.15, 0.2) is 4.99 Å². The highest BCUT2D eigenvalue weighted by molar-refractivity contribution is 5.90. The number of nitrogens with one attached hydrogen (secondary N) is 2. The lowest BCUT2D eigenvalue weighted by Crippen LogP contribution is -2.56. The van der Waals surface area contributed by atoms with Gasteiger partial charge in [-0.2, -0.15) is 0 Å². The van der Waals surface area contributed by atoms with Gasteiger partial charge in [-0.3, -0.25) is 19.4 Å². The van der Waals surface area contributed by atoms with Gasteiger partial charge in [0.25, 0.3) is 0 Å². The van der Waals surface area contributed by atoms with Gasteiger partial charge >= 0.3 is 11.9 Å². The molecule has 30 heavy (non-hydrogen) atoms. The van der Waals surface area contributed by atoms with Crippen LogP contribution in [-0.4, -0.2) is 77.1 Å². The highest BCUT2D eigenvalue weighted by atomic mass is 16.4. The Balaban J connectivity index is 4.84. The monoisotopic (exact) mass is 431 g/mol. The first kappa shape index (κ1) is 27.2. The summed E-state index contributed by atoms with van der Waals surface area (Å²) >= 11 is 0. The molecular weight excluding hydrogens is 398 g/mol. The molecule has 13 nitrogen and oxygen atoms in total. The largest absolute Gasteiger partial charge is 0.481 e. The number of nitrogens with zero attached hydrogens (tertiary/aromatic N) is 1. The van der Waals surface area contributed by atoms with Crippen molar-refractivity contribution in [3.05, 3.63) is 0 Å². The third-order valence-corrected chi connectivity index (χ3v) is 4.21. The smallest absolute Gasteiger partial charge is 0.326 e. The molecule has 13 heteroatoms. The molecule has 0 rings (SSSR count). The normalized spacial score (nSPS) is 15.0. The minimum atomic E-state index is -1.28. The van der Waals surface area contributed by atoms with E-state index in [0.29, 0.717) is 13.0 Å². The molecule has 0 aliphatic carbocycles. The van der Waals surface area contributed by atoms with Crippen LogP contribution in [-0.2, 0) is 19.2 Å². The van der Waals surface area contributed by atoms with E-state index in [1.54, 1.807) is 13.8 Å². The fourth-order valence-corrected chi connectivity index (χ4v) is 2.51. The highest BCUT2D eigenvalue weighted by Gasteiger charge is 2.30. The SMILES string of the molecule is CC(C)[C@H](NC(=O)[C@H](CC(=O)O)NCC(N)C(=O)[C@@H](N)CCCN=C(N)N)C(=O)O. The van der Waals surface area contributed by atoms with Crippen LogP contribution < -0.4 is 33.6 Å². The van der Waals surface area contributed by atoms with Crippen molar-refractivity contribution in [1.82, 2.24) is 10.6 Å². The summed E-state index contributed by atoms with van der Waals surface area (Å²) in [5.41, 5.74) is 22.0. The average Bonchev–Trinajstić information content (AvgIpc) is 2.64. The lowest BCUT2D eigenvalue weighted by molar-refractivity contribution is -0.144. The number of aliphatic imine (C=N–C) groups is 1. The Labute approximate surface area is 174 Å². The maximum Gasteiger partial charge on any atom is 0.326 e. The van der Waals surface area contributed by atoms with Crippen molar-refractivity contribution >= 4 is 29.6 Å². The number of carboxylic acids is 2. The molecule has 0 bridgehead atoms. The first-order chi connectivity index (χ1) is 13.9. The summed E-state index contributed by atoms with van der Waals surface area (Å²) in [5.74, 6) is -4.31. The molecule has 0 aliphatic rings. The Hall–Kier alpha value is -2.77. The van der Waals surface area contributed by atoms with E-state index in [2.05, 4.69) is 15.6 Å². The number of rotatable bonds is 15. The second-order valence-corrected chi connectivity index (χ2v) is 7.19. The van der Waals surface area contributed by atoms with E-state index >= 15 is 0 Å². The second kappa shape index (κ2) is 13.5. The Morgan fingerprint density at radius 2 is 1.63 bits per heavy atom. The Bertz CT molecular complexity index is 636. The summed E-state index contributed by atoms with van der Waals surface area (Å²) in [6.07, 6.45) is 0.125. The van der Waals surface area contributed by atoms with Gasteiger partial charge in [-0.15, -0.1) is 0 Å². The van der Waals surface area contributed by atoms with Crippen LogP contribution in [0.4, 0.5) is 0 Å². The number of Topliss-reactive ketones (excluding diaryl/α,β-unsaturated/α-hetero) is 1. The third-order valence-electron chi connectivity index (χ3n) is 4.21. The number of aliphatic carboxylic acids is 2. The zero-order valence-electron chi connectivity index (χ0n) is 17.2. The molecular formula is C17H33N7O6. The zero-order chi connectivity index (χ0) is 23.4. The van der Waals surface area contributed by atoms with Crippen LogP contribution in [0.3, 0.4) is 0 Å². The predicted octanol–water partition coefficient (Wildman–Crippen LogP) is -3.08. The van der Waals surface area contributed by atoms with Crippen LogP contribution in [0, 0.1) is 5.92 Å². The summed E-state index contributed by atoms with van der Waals surface area (Å²) in [4.78, 5) is 50.7. The summed E-state index contributed by atoms with van der Waals surface area (Å²) < 4.78 is 0. The van der Waals surface area contributed by atoms with Crippen molar-refractivity contribution in [1.29, 1.82) is 0 Å². The van der Waals surface area contributed by atoms with Crippen molar-refractivity contribution in [3.63, 3.8) is 0 Å². The Morgan fingerprint density at radius 3 is 2.10 bits per heavy atom. The van der Waals surface area contributed by atoms with Gasteiger partial charge in [-0.1, -0.05) is 13.8 Å². The zero-order valence-corrected chi connectivity index (χ0v) is 17.2. The van der Waals surface area contributed by atoms with E-state index in [1.807, 2.05) is 0 Å². The number of hydrogen-bond donors (Lipinski definition) is 8. The van der Waals surface area contributed by atoms with E-state index < -0.39 is 60.1 Å². The predicted molar refractivity (Wildman–Crippen MR) is 109 cm³/mol. The summed E-state index contributed by atoms with van der Waals surface area (Å²) in [6.45, 7) is 3.28.